The Hall–Kier alpha value is -1.29. The van der Waals surface area contributed by atoms with Crippen molar-refractivity contribution in [3.8, 4) is 0 Å². The number of nitrogens with zero attached hydrogens (tertiary/aromatic N) is 1. The minimum atomic E-state index is 0.154. The lowest BCUT2D eigenvalue weighted by Crippen LogP contribution is -2.29. The molecule has 0 radical (unpaired) electrons. The second-order valence-electron chi connectivity index (χ2n) is 3.86. The fourth-order valence-corrected chi connectivity index (χ4v) is 1.48. The van der Waals surface area contributed by atoms with Crippen LogP contribution in [0, 0.1) is 6.92 Å². The molecular weight excluding hydrogens is 204 g/mol. The van der Waals surface area contributed by atoms with E-state index in [9.17, 15) is 4.79 Å². The van der Waals surface area contributed by atoms with E-state index < -0.39 is 0 Å². The van der Waals surface area contributed by atoms with Crippen molar-refractivity contribution >= 4 is 5.91 Å². The van der Waals surface area contributed by atoms with E-state index in [1.165, 1.54) is 0 Å². The number of rotatable bonds is 6. The van der Waals surface area contributed by atoms with Crippen LogP contribution in [-0.2, 0) is 11.3 Å². The molecule has 0 unspecified atom stereocenters. The molecule has 0 fully saturated rings. The third-order valence-electron chi connectivity index (χ3n) is 2.57. The van der Waals surface area contributed by atoms with Crippen molar-refractivity contribution in [3.05, 3.63) is 23.7 Å². The van der Waals surface area contributed by atoms with Gasteiger partial charge in [0.05, 0.1) is 6.26 Å². The molecule has 0 spiro atoms. The standard InChI is InChI=1S/C12H20N2O2/c1-4-13-7-5-12(15)14(3)9-11-6-8-16-10(11)2/h6,8,13H,4-5,7,9H2,1-3H3. The number of hydrogen-bond donors (Lipinski definition) is 1. The quantitative estimate of drug-likeness (QED) is 0.746. The first-order valence-electron chi connectivity index (χ1n) is 5.62. The number of furan rings is 1. The summed E-state index contributed by atoms with van der Waals surface area (Å²) in [5.41, 5.74) is 1.07. The molecule has 0 aromatic carbocycles. The van der Waals surface area contributed by atoms with Crippen LogP contribution in [0.4, 0.5) is 0 Å². The molecule has 1 heterocycles. The maximum atomic E-state index is 11.7. The van der Waals surface area contributed by atoms with E-state index in [2.05, 4.69) is 5.32 Å². The minimum absolute atomic E-state index is 0.154. The maximum Gasteiger partial charge on any atom is 0.223 e. The Morgan fingerprint density at radius 1 is 1.56 bits per heavy atom. The van der Waals surface area contributed by atoms with E-state index >= 15 is 0 Å². The lowest BCUT2D eigenvalue weighted by atomic mass is 10.2. The average molecular weight is 224 g/mol. The summed E-state index contributed by atoms with van der Waals surface area (Å²) in [4.78, 5) is 13.4. The predicted octanol–water partition coefficient (Wildman–Crippen LogP) is 1.55. The summed E-state index contributed by atoms with van der Waals surface area (Å²) in [7, 11) is 1.82. The highest BCUT2D eigenvalue weighted by atomic mass is 16.3. The molecule has 0 aliphatic rings. The van der Waals surface area contributed by atoms with Crippen molar-refractivity contribution in [1.29, 1.82) is 0 Å². The summed E-state index contributed by atoms with van der Waals surface area (Å²) < 4.78 is 5.19. The molecule has 16 heavy (non-hydrogen) atoms. The van der Waals surface area contributed by atoms with Gasteiger partial charge in [0, 0.05) is 32.1 Å². The summed E-state index contributed by atoms with van der Waals surface area (Å²) in [5.74, 6) is 1.04. The molecule has 0 saturated heterocycles. The summed E-state index contributed by atoms with van der Waals surface area (Å²) in [6, 6.07) is 1.91. The molecule has 1 rings (SSSR count). The third kappa shape index (κ3) is 3.70. The van der Waals surface area contributed by atoms with Gasteiger partial charge in [-0.2, -0.15) is 0 Å². The van der Waals surface area contributed by atoms with Crippen LogP contribution in [0.15, 0.2) is 16.7 Å². The van der Waals surface area contributed by atoms with Crippen LogP contribution in [0.3, 0.4) is 0 Å². The van der Waals surface area contributed by atoms with Crippen LogP contribution in [0.2, 0.25) is 0 Å². The van der Waals surface area contributed by atoms with Crippen LogP contribution in [0.5, 0.6) is 0 Å². The van der Waals surface area contributed by atoms with Crippen molar-refractivity contribution in [2.45, 2.75) is 26.8 Å². The van der Waals surface area contributed by atoms with E-state index in [0.29, 0.717) is 13.0 Å². The Bertz CT molecular complexity index is 334. The number of carbonyl (C=O) groups excluding carboxylic acids is 1. The van der Waals surface area contributed by atoms with Gasteiger partial charge in [-0.15, -0.1) is 0 Å². The second-order valence-corrected chi connectivity index (χ2v) is 3.86. The summed E-state index contributed by atoms with van der Waals surface area (Å²) >= 11 is 0. The molecule has 90 valence electrons. The van der Waals surface area contributed by atoms with E-state index in [4.69, 9.17) is 4.42 Å². The van der Waals surface area contributed by atoms with E-state index in [0.717, 1.165) is 24.4 Å². The van der Waals surface area contributed by atoms with E-state index in [1.807, 2.05) is 27.0 Å². The molecule has 4 heteroatoms. The zero-order valence-corrected chi connectivity index (χ0v) is 10.2. The molecule has 1 aromatic heterocycles. The summed E-state index contributed by atoms with van der Waals surface area (Å²) in [5, 5.41) is 3.14. The smallest absolute Gasteiger partial charge is 0.223 e. The van der Waals surface area contributed by atoms with Crippen molar-refractivity contribution < 1.29 is 9.21 Å². The van der Waals surface area contributed by atoms with Crippen molar-refractivity contribution in [3.63, 3.8) is 0 Å². The van der Waals surface area contributed by atoms with Crippen LogP contribution in [0.25, 0.3) is 0 Å². The Balaban J connectivity index is 2.37. The topological polar surface area (TPSA) is 45.5 Å². The van der Waals surface area contributed by atoms with Gasteiger partial charge in [0.2, 0.25) is 5.91 Å². The van der Waals surface area contributed by atoms with Gasteiger partial charge in [-0.3, -0.25) is 4.79 Å². The minimum Gasteiger partial charge on any atom is -0.469 e. The molecule has 1 N–H and O–H groups in total. The average Bonchev–Trinajstić information content (AvgIpc) is 2.64. The summed E-state index contributed by atoms with van der Waals surface area (Å²) in [6.45, 7) is 6.20. The fourth-order valence-electron chi connectivity index (χ4n) is 1.48. The second kappa shape index (κ2) is 6.33. The normalized spacial score (nSPS) is 10.4. The predicted molar refractivity (Wildman–Crippen MR) is 63.1 cm³/mol. The zero-order chi connectivity index (χ0) is 12.0. The maximum absolute atomic E-state index is 11.7. The first-order chi connectivity index (χ1) is 7.65. The van der Waals surface area contributed by atoms with Crippen LogP contribution in [0.1, 0.15) is 24.7 Å². The zero-order valence-electron chi connectivity index (χ0n) is 10.2. The van der Waals surface area contributed by atoms with Crippen LogP contribution >= 0.6 is 0 Å². The Labute approximate surface area is 96.6 Å². The number of nitrogens with one attached hydrogen (secondary N) is 1. The molecule has 0 atom stereocenters. The first-order valence-corrected chi connectivity index (χ1v) is 5.62. The molecule has 4 nitrogen and oxygen atoms in total. The van der Waals surface area contributed by atoms with Crippen LogP contribution in [-0.4, -0.2) is 30.9 Å². The molecule has 0 saturated carbocycles. The highest BCUT2D eigenvalue weighted by Gasteiger charge is 2.10. The SMILES string of the molecule is CCNCCC(=O)N(C)Cc1ccoc1C. The van der Waals surface area contributed by atoms with Gasteiger partial charge in [0.25, 0.3) is 0 Å². The van der Waals surface area contributed by atoms with Crippen molar-refractivity contribution in [1.82, 2.24) is 10.2 Å². The molecule has 0 aliphatic carbocycles. The lowest BCUT2D eigenvalue weighted by Gasteiger charge is -2.16. The number of aryl methyl sites for hydroxylation is 1. The summed E-state index contributed by atoms with van der Waals surface area (Å²) in [6.07, 6.45) is 2.20. The number of hydrogen-bond acceptors (Lipinski definition) is 3. The molecule has 0 aliphatic heterocycles. The molecule has 1 aromatic rings. The Morgan fingerprint density at radius 2 is 2.31 bits per heavy atom. The van der Waals surface area contributed by atoms with Gasteiger partial charge in [0.15, 0.2) is 0 Å². The van der Waals surface area contributed by atoms with Gasteiger partial charge < -0.3 is 14.6 Å². The number of carbonyl (C=O) groups is 1. The van der Waals surface area contributed by atoms with E-state index in [1.54, 1.807) is 11.2 Å². The lowest BCUT2D eigenvalue weighted by molar-refractivity contribution is -0.130. The van der Waals surface area contributed by atoms with Gasteiger partial charge >= 0.3 is 0 Å². The number of amides is 1. The third-order valence-corrected chi connectivity index (χ3v) is 2.57. The van der Waals surface area contributed by atoms with E-state index in [-0.39, 0.29) is 5.91 Å². The first kappa shape index (κ1) is 12.8. The molecular formula is C12H20N2O2. The van der Waals surface area contributed by atoms with Gasteiger partial charge in [-0.05, 0) is 19.5 Å². The van der Waals surface area contributed by atoms with Gasteiger partial charge in [0.1, 0.15) is 5.76 Å². The Morgan fingerprint density at radius 3 is 2.88 bits per heavy atom. The molecule has 0 bridgehead atoms. The fraction of sp³-hybridized carbons (Fsp3) is 0.583. The Kier molecular flexibility index (Phi) is 5.05. The largest absolute Gasteiger partial charge is 0.469 e. The van der Waals surface area contributed by atoms with Crippen molar-refractivity contribution in [2.24, 2.45) is 0 Å². The highest BCUT2D eigenvalue weighted by molar-refractivity contribution is 5.76. The monoisotopic (exact) mass is 224 g/mol. The molecule has 1 amide bonds. The van der Waals surface area contributed by atoms with Gasteiger partial charge in [-0.25, -0.2) is 0 Å². The highest BCUT2D eigenvalue weighted by Crippen LogP contribution is 2.11. The van der Waals surface area contributed by atoms with Gasteiger partial charge in [-0.1, -0.05) is 6.92 Å². The van der Waals surface area contributed by atoms with Crippen molar-refractivity contribution in [2.75, 3.05) is 20.1 Å². The van der Waals surface area contributed by atoms with Crippen LogP contribution < -0.4 is 5.32 Å².